The first-order chi connectivity index (χ1) is 7.77. The number of allylic oxidation sites excluding steroid dienone is 2. The highest BCUT2D eigenvalue weighted by Crippen LogP contribution is 2.38. The number of hydrogen-bond donors (Lipinski definition) is 0. The maximum absolute atomic E-state index is 5.98. The second-order valence-corrected chi connectivity index (χ2v) is 4.71. The second-order valence-electron chi connectivity index (χ2n) is 4.71. The summed E-state index contributed by atoms with van der Waals surface area (Å²) >= 11 is 0. The molecule has 1 heterocycles. The van der Waals surface area contributed by atoms with Gasteiger partial charge in [-0.15, -0.1) is 0 Å². The van der Waals surface area contributed by atoms with Crippen LogP contribution in [0.4, 0.5) is 0 Å². The molecule has 1 aromatic rings. The Morgan fingerprint density at radius 2 is 2.00 bits per heavy atom. The van der Waals surface area contributed by atoms with Gasteiger partial charge >= 0.3 is 0 Å². The topological polar surface area (TPSA) is 9.23 Å². The molecular formula is C15H16O. The van der Waals surface area contributed by atoms with Crippen LogP contribution in [-0.4, -0.2) is 6.10 Å². The van der Waals surface area contributed by atoms with Crippen LogP contribution in [0, 0.1) is 5.92 Å². The predicted molar refractivity (Wildman–Crippen MR) is 65.9 cm³/mol. The van der Waals surface area contributed by atoms with Crippen LogP contribution < -0.4 is 0 Å². The van der Waals surface area contributed by atoms with Crippen molar-refractivity contribution in [1.29, 1.82) is 0 Å². The molecule has 0 bridgehead atoms. The molecule has 0 radical (unpaired) electrons. The Hall–Kier alpha value is -1.34. The summed E-state index contributed by atoms with van der Waals surface area (Å²) in [6, 6.07) is 8.55. The van der Waals surface area contributed by atoms with Crippen LogP contribution in [0.15, 0.2) is 42.0 Å². The molecule has 0 saturated heterocycles. The molecular weight excluding hydrogens is 196 g/mol. The van der Waals surface area contributed by atoms with E-state index in [4.69, 9.17) is 4.74 Å². The number of rotatable bonds is 0. The molecule has 0 fully saturated rings. The molecule has 0 aromatic heterocycles. The molecule has 1 aromatic carbocycles. The summed E-state index contributed by atoms with van der Waals surface area (Å²) in [5.74, 6) is 0.494. The normalized spacial score (nSPS) is 27.6. The fraction of sp³-hybridized carbons (Fsp3) is 0.333. The van der Waals surface area contributed by atoms with E-state index in [1.807, 2.05) is 0 Å². The molecule has 1 unspecified atom stereocenters. The van der Waals surface area contributed by atoms with Crippen molar-refractivity contribution in [3.63, 3.8) is 0 Å². The van der Waals surface area contributed by atoms with E-state index in [1.54, 1.807) is 0 Å². The SMILES string of the molecule is CC1=CC=C2c3ccccc3CO[C@@H]2C1C. The zero-order valence-corrected chi connectivity index (χ0v) is 9.73. The third-order valence-electron chi connectivity index (χ3n) is 3.75. The van der Waals surface area contributed by atoms with Crippen LogP contribution in [0.1, 0.15) is 25.0 Å². The number of hydrogen-bond acceptors (Lipinski definition) is 1. The molecule has 2 aliphatic rings. The largest absolute Gasteiger partial charge is 0.368 e. The molecule has 82 valence electrons. The Morgan fingerprint density at radius 1 is 1.19 bits per heavy atom. The molecule has 1 aliphatic heterocycles. The van der Waals surface area contributed by atoms with E-state index in [0.717, 1.165) is 6.61 Å². The van der Waals surface area contributed by atoms with Gasteiger partial charge in [-0.05, 0) is 23.6 Å². The summed E-state index contributed by atoms with van der Waals surface area (Å²) in [7, 11) is 0. The third-order valence-corrected chi connectivity index (χ3v) is 3.75. The fourth-order valence-electron chi connectivity index (χ4n) is 2.56. The average Bonchev–Trinajstić information content (AvgIpc) is 2.33. The summed E-state index contributed by atoms with van der Waals surface area (Å²) in [4.78, 5) is 0. The lowest BCUT2D eigenvalue weighted by Gasteiger charge is -2.35. The summed E-state index contributed by atoms with van der Waals surface area (Å²) < 4.78 is 5.98. The van der Waals surface area contributed by atoms with Crippen molar-refractivity contribution in [3.05, 3.63) is 53.1 Å². The molecule has 0 N–H and O–H groups in total. The van der Waals surface area contributed by atoms with Gasteiger partial charge in [0.1, 0.15) is 0 Å². The van der Waals surface area contributed by atoms with Gasteiger partial charge < -0.3 is 4.74 Å². The van der Waals surface area contributed by atoms with Gasteiger partial charge in [-0.1, -0.05) is 48.9 Å². The Kier molecular flexibility index (Phi) is 2.22. The first-order valence-corrected chi connectivity index (χ1v) is 5.85. The zero-order valence-electron chi connectivity index (χ0n) is 9.73. The van der Waals surface area contributed by atoms with Crippen molar-refractivity contribution in [2.45, 2.75) is 26.6 Å². The number of ether oxygens (including phenoxy) is 1. The molecule has 1 heteroatoms. The smallest absolute Gasteiger partial charge is 0.0897 e. The van der Waals surface area contributed by atoms with Gasteiger partial charge in [0.25, 0.3) is 0 Å². The minimum atomic E-state index is 0.250. The van der Waals surface area contributed by atoms with Gasteiger partial charge in [0.05, 0.1) is 12.7 Å². The summed E-state index contributed by atoms with van der Waals surface area (Å²) in [6.07, 6.45) is 4.69. The van der Waals surface area contributed by atoms with Crippen LogP contribution >= 0.6 is 0 Å². The zero-order chi connectivity index (χ0) is 11.1. The molecule has 3 rings (SSSR count). The predicted octanol–water partition coefficient (Wildman–Crippen LogP) is 3.56. The lowest BCUT2D eigenvalue weighted by molar-refractivity contribution is 0.0462. The fourth-order valence-corrected chi connectivity index (χ4v) is 2.56. The summed E-state index contributed by atoms with van der Waals surface area (Å²) in [5.41, 5.74) is 5.44. The van der Waals surface area contributed by atoms with Crippen LogP contribution in [0.2, 0.25) is 0 Å². The Morgan fingerprint density at radius 3 is 2.88 bits per heavy atom. The van der Waals surface area contributed by atoms with Crippen molar-refractivity contribution >= 4 is 5.57 Å². The Labute approximate surface area is 96.4 Å². The van der Waals surface area contributed by atoms with Gasteiger partial charge in [0.15, 0.2) is 0 Å². The van der Waals surface area contributed by atoms with Crippen molar-refractivity contribution in [3.8, 4) is 0 Å². The minimum Gasteiger partial charge on any atom is -0.368 e. The standard InChI is InChI=1S/C15H16O/c1-10-7-8-14-13-6-4-3-5-12(13)9-16-15(14)11(10)2/h3-8,11,15H,9H2,1-2H3/t11?,15-/m1/s1. The summed E-state index contributed by atoms with van der Waals surface area (Å²) in [6.45, 7) is 5.18. The molecule has 2 atom stereocenters. The molecule has 16 heavy (non-hydrogen) atoms. The Bertz CT molecular complexity index is 482. The molecule has 1 nitrogen and oxygen atoms in total. The number of benzene rings is 1. The maximum atomic E-state index is 5.98. The lowest BCUT2D eigenvalue weighted by Crippen LogP contribution is -2.30. The lowest BCUT2D eigenvalue weighted by atomic mass is 9.81. The number of fused-ring (bicyclic) bond motifs is 3. The quantitative estimate of drug-likeness (QED) is 0.639. The van der Waals surface area contributed by atoms with Gasteiger partial charge in [-0.25, -0.2) is 0 Å². The highest BCUT2D eigenvalue weighted by Gasteiger charge is 2.31. The molecule has 0 saturated carbocycles. The van der Waals surface area contributed by atoms with Gasteiger partial charge in [-0.2, -0.15) is 0 Å². The van der Waals surface area contributed by atoms with Crippen molar-refractivity contribution in [2.24, 2.45) is 5.92 Å². The monoisotopic (exact) mass is 212 g/mol. The van der Waals surface area contributed by atoms with Gasteiger partial charge in [-0.3, -0.25) is 0 Å². The van der Waals surface area contributed by atoms with Crippen LogP contribution in [0.5, 0.6) is 0 Å². The second kappa shape index (κ2) is 3.60. The third kappa shape index (κ3) is 1.35. The minimum absolute atomic E-state index is 0.250. The van der Waals surface area contributed by atoms with E-state index in [0.29, 0.717) is 5.92 Å². The van der Waals surface area contributed by atoms with E-state index in [9.17, 15) is 0 Å². The van der Waals surface area contributed by atoms with E-state index in [2.05, 4.69) is 50.3 Å². The van der Waals surface area contributed by atoms with Gasteiger partial charge in [0, 0.05) is 5.92 Å². The Balaban J connectivity index is 2.13. The average molecular weight is 212 g/mol. The first kappa shape index (κ1) is 9.86. The van der Waals surface area contributed by atoms with E-state index in [-0.39, 0.29) is 6.10 Å². The van der Waals surface area contributed by atoms with E-state index >= 15 is 0 Å². The van der Waals surface area contributed by atoms with Crippen LogP contribution in [0.3, 0.4) is 0 Å². The maximum Gasteiger partial charge on any atom is 0.0897 e. The van der Waals surface area contributed by atoms with Gasteiger partial charge in [0.2, 0.25) is 0 Å². The first-order valence-electron chi connectivity index (χ1n) is 5.85. The molecule has 0 amide bonds. The molecule has 0 spiro atoms. The van der Waals surface area contributed by atoms with Crippen LogP contribution in [0.25, 0.3) is 5.57 Å². The van der Waals surface area contributed by atoms with Crippen molar-refractivity contribution in [2.75, 3.05) is 0 Å². The van der Waals surface area contributed by atoms with Crippen molar-refractivity contribution < 1.29 is 4.74 Å². The van der Waals surface area contributed by atoms with Crippen LogP contribution in [-0.2, 0) is 11.3 Å². The van der Waals surface area contributed by atoms with Crippen molar-refractivity contribution in [1.82, 2.24) is 0 Å². The molecule has 1 aliphatic carbocycles. The summed E-state index contributed by atoms with van der Waals surface area (Å²) in [5, 5.41) is 0. The highest BCUT2D eigenvalue weighted by molar-refractivity contribution is 5.75. The van der Waals surface area contributed by atoms with E-state index in [1.165, 1.54) is 22.3 Å². The van der Waals surface area contributed by atoms with E-state index < -0.39 is 0 Å². The highest BCUT2D eigenvalue weighted by atomic mass is 16.5.